The van der Waals surface area contributed by atoms with Crippen LogP contribution in [-0.2, 0) is 9.53 Å². The molecule has 2 nitrogen and oxygen atoms in total. The van der Waals surface area contributed by atoms with Crippen molar-refractivity contribution in [2.75, 3.05) is 7.11 Å². The molecule has 1 rings (SSSR count). The summed E-state index contributed by atoms with van der Waals surface area (Å²) in [7, 11) is 1.44. The first-order valence-corrected chi connectivity index (χ1v) is 5.59. The minimum Gasteiger partial charge on any atom is -0.468 e. The van der Waals surface area contributed by atoms with Gasteiger partial charge in [-0.25, -0.2) is 0 Å². The molecule has 86 valence electrons. The van der Waals surface area contributed by atoms with Gasteiger partial charge in [-0.05, 0) is 19.8 Å². The molecule has 15 heavy (non-hydrogen) atoms. The Kier molecular flexibility index (Phi) is 5.99. The van der Waals surface area contributed by atoms with Crippen LogP contribution in [0.25, 0.3) is 0 Å². The average Bonchev–Trinajstić information content (AvgIpc) is 2.93. The van der Waals surface area contributed by atoms with Crippen molar-refractivity contribution < 1.29 is 9.53 Å². The molecule has 0 spiro atoms. The number of hydrogen-bond donors (Lipinski definition) is 0. The van der Waals surface area contributed by atoms with Crippen LogP contribution < -0.4 is 0 Å². The Morgan fingerprint density at radius 2 is 2.13 bits per heavy atom. The van der Waals surface area contributed by atoms with Crippen LogP contribution in [0.5, 0.6) is 0 Å². The van der Waals surface area contributed by atoms with E-state index >= 15 is 0 Å². The van der Waals surface area contributed by atoms with Crippen LogP contribution in [0, 0.1) is 5.41 Å². The lowest BCUT2D eigenvalue weighted by Gasteiger charge is -2.02. The Bertz CT molecular complexity index is 264. The monoisotopic (exact) mass is 210 g/mol. The molecule has 0 N–H and O–H groups in total. The van der Waals surface area contributed by atoms with E-state index in [1.54, 1.807) is 0 Å². The van der Waals surface area contributed by atoms with Gasteiger partial charge in [-0.3, -0.25) is 4.79 Å². The first kappa shape index (κ1) is 13.9. The van der Waals surface area contributed by atoms with Crippen molar-refractivity contribution in [3.63, 3.8) is 0 Å². The van der Waals surface area contributed by atoms with E-state index < -0.39 is 0 Å². The highest BCUT2D eigenvalue weighted by Gasteiger charge is 2.51. The van der Waals surface area contributed by atoms with Gasteiger partial charge >= 0.3 is 5.97 Å². The summed E-state index contributed by atoms with van der Waals surface area (Å²) >= 11 is 0. The highest BCUT2D eigenvalue weighted by molar-refractivity contribution is 5.85. The molecule has 1 aliphatic rings. The van der Waals surface area contributed by atoms with Gasteiger partial charge in [0, 0.05) is 0 Å². The van der Waals surface area contributed by atoms with Gasteiger partial charge in [0.25, 0.3) is 0 Å². The third kappa shape index (κ3) is 3.54. The van der Waals surface area contributed by atoms with Crippen LogP contribution in [0.1, 0.15) is 40.5 Å². The summed E-state index contributed by atoms with van der Waals surface area (Å²) in [6.45, 7) is 8.01. The summed E-state index contributed by atoms with van der Waals surface area (Å²) in [6, 6.07) is 0. The lowest BCUT2D eigenvalue weighted by Crippen LogP contribution is -2.13. The fraction of sp³-hybridized carbons (Fsp3) is 0.615. The van der Waals surface area contributed by atoms with Gasteiger partial charge in [-0.15, -0.1) is 0 Å². The van der Waals surface area contributed by atoms with Crippen LogP contribution in [0.4, 0.5) is 0 Å². The van der Waals surface area contributed by atoms with Gasteiger partial charge in [0.05, 0.1) is 12.5 Å². The zero-order valence-corrected chi connectivity index (χ0v) is 10.5. The van der Waals surface area contributed by atoms with E-state index in [1.807, 2.05) is 32.9 Å². The van der Waals surface area contributed by atoms with Crippen molar-refractivity contribution in [3.8, 4) is 0 Å². The number of ether oxygens (including phenoxy) is 1. The van der Waals surface area contributed by atoms with Gasteiger partial charge in [0.2, 0.25) is 0 Å². The number of esters is 1. The molecule has 0 aromatic heterocycles. The van der Waals surface area contributed by atoms with E-state index in [1.165, 1.54) is 12.7 Å². The number of carbonyl (C=O) groups is 1. The van der Waals surface area contributed by atoms with Crippen LogP contribution in [0.3, 0.4) is 0 Å². The zero-order chi connectivity index (χ0) is 11.9. The second-order valence-corrected chi connectivity index (χ2v) is 3.53. The maximum atomic E-state index is 11.3. The van der Waals surface area contributed by atoms with E-state index in [2.05, 4.69) is 13.0 Å². The van der Waals surface area contributed by atoms with Crippen LogP contribution >= 0.6 is 0 Å². The number of carbonyl (C=O) groups excluding carboxylic acids is 1. The van der Waals surface area contributed by atoms with Crippen molar-refractivity contribution in [1.29, 1.82) is 0 Å². The normalized spacial score (nSPS) is 26.1. The summed E-state index contributed by atoms with van der Waals surface area (Å²) in [5, 5.41) is 0. The maximum Gasteiger partial charge on any atom is 0.315 e. The van der Waals surface area contributed by atoms with Crippen LogP contribution in [0.2, 0.25) is 0 Å². The van der Waals surface area contributed by atoms with Gasteiger partial charge in [0.15, 0.2) is 0 Å². The van der Waals surface area contributed by atoms with E-state index in [4.69, 9.17) is 4.74 Å². The molecule has 0 amide bonds. The third-order valence-electron chi connectivity index (χ3n) is 2.43. The predicted molar refractivity (Wildman–Crippen MR) is 63.6 cm³/mol. The van der Waals surface area contributed by atoms with E-state index in [-0.39, 0.29) is 11.4 Å². The number of allylic oxidation sites excluding steroid dienone is 3. The summed E-state index contributed by atoms with van der Waals surface area (Å²) in [4.78, 5) is 11.3. The quantitative estimate of drug-likeness (QED) is 0.666. The van der Waals surface area contributed by atoms with E-state index in [0.717, 1.165) is 12.8 Å². The Balaban J connectivity index is 0.000000921. The molecule has 0 radical (unpaired) electrons. The molecule has 1 atom stereocenters. The summed E-state index contributed by atoms with van der Waals surface area (Å²) in [5.41, 5.74) is 0.844. The van der Waals surface area contributed by atoms with Crippen LogP contribution in [0.15, 0.2) is 23.8 Å². The lowest BCUT2D eigenvalue weighted by atomic mass is 10.1. The average molecular weight is 210 g/mol. The fourth-order valence-corrected chi connectivity index (χ4v) is 1.33. The molecule has 0 saturated heterocycles. The minimum atomic E-state index is -0.327. The van der Waals surface area contributed by atoms with Gasteiger partial charge < -0.3 is 4.74 Å². The second-order valence-electron chi connectivity index (χ2n) is 3.53. The van der Waals surface area contributed by atoms with Gasteiger partial charge in [0.1, 0.15) is 0 Å². The Labute approximate surface area is 93.0 Å². The summed E-state index contributed by atoms with van der Waals surface area (Å²) in [5.74, 6) is -0.122. The SMILES string of the molecule is CC.CC/C=C\C=C1/CC1(C)C(=O)OC. The van der Waals surface area contributed by atoms with Crippen molar-refractivity contribution in [2.45, 2.75) is 40.5 Å². The molecule has 0 aromatic carbocycles. The third-order valence-corrected chi connectivity index (χ3v) is 2.43. The molecule has 0 heterocycles. The van der Waals surface area contributed by atoms with Gasteiger partial charge in [-0.1, -0.05) is 44.6 Å². The molecule has 1 aliphatic carbocycles. The Morgan fingerprint density at radius 1 is 1.53 bits per heavy atom. The predicted octanol–water partition coefficient (Wildman–Crippen LogP) is 3.49. The van der Waals surface area contributed by atoms with Crippen molar-refractivity contribution in [1.82, 2.24) is 0 Å². The second kappa shape index (κ2) is 6.44. The van der Waals surface area contributed by atoms with Gasteiger partial charge in [-0.2, -0.15) is 0 Å². The molecule has 0 bridgehead atoms. The largest absolute Gasteiger partial charge is 0.468 e. The molecule has 0 aliphatic heterocycles. The Morgan fingerprint density at radius 3 is 2.60 bits per heavy atom. The summed E-state index contributed by atoms with van der Waals surface area (Å²) in [6.07, 6.45) is 7.96. The fourth-order valence-electron chi connectivity index (χ4n) is 1.33. The van der Waals surface area contributed by atoms with Crippen molar-refractivity contribution >= 4 is 5.97 Å². The standard InChI is InChI=1S/C11H16O2.C2H6/c1-4-5-6-7-9-8-11(9,2)10(12)13-3;1-2/h5-7H,4,8H2,1-3H3;1-2H3/b6-5-,9-7+;. The van der Waals surface area contributed by atoms with Crippen molar-refractivity contribution in [2.24, 2.45) is 5.41 Å². The van der Waals surface area contributed by atoms with Crippen LogP contribution in [-0.4, -0.2) is 13.1 Å². The first-order chi connectivity index (χ1) is 7.15. The molecule has 1 fully saturated rings. The topological polar surface area (TPSA) is 26.3 Å². The molecule has 1 unspecified atom stereocenters. The molecule has 2 heteroatoms. The zero-order valence-electron chi connectivity index (χ0n) is 10.5. The van der Waals surface area contributed by atoms with E-state index in [0.29, 0.717) is 0 Å². The van der Waals surface area contributed by atoms with E-state index in [9.17, 15) is 4.79 Å². The molecular weight excluding hydrogens is 188 g/mol. The Hall–Kier alpha value is -1.05. The highest BCUT2D eigenvalue weighted by atomic mass is 16.5. The molecule has 0 aromatic rings. The maximum absolute atomic E-state index is 11.3. The molecular formula is C13H22O2. The first-order valence-electron chi connectivity index (χ1n) is 5.59. The highest BCUT2D eigenvalue weighted by Crippen LogP contribution is 2.52. The summed E-state index contributed by atoms with van der Waals surface area (Å²) < 4.78 is 4.71. The smallest absolute Gasteiger partial charge is 0.315 e. The number of hydrogen-bond acceptors (Lipinski definition) is 2. The minimum absolute atomic E-state index is 0.122. The number of rotatable bonds is 3. The van der Waals surface area contributed by atoms with Crippen molar-refractivity contribution in [3.05, 3.63) is 23.8 Å². The lowest BCUT2D eigenvalue weighted by molar-refractivity contribution is -0.145. The number of methoxy groups -OCH3 is 1. The molecule has 1 saturated carbocycles.